The van der Waals surface area contributed by atoms with Crippen molar-refractivity contribution in [3.63, 3.8) is 0 Å². The third-order valence-electron chi connectivity index (χ3n) is 3.26. The predicted octanol–water partition coefficient (Wildman–Crippen LogP) is 5.59. The van der Waals surface area contributed by atoms with E-state index in [9.17, 15) is 8.78 Å². The summed E-state index contributed by atoms with van der Waals surface area (Å²) in [6.07, 6.45) is 2.10. The first-order valence-electron chi connectivity index (χ1n) is 7.29. The van der Waals surface area contributed by atoms with Crippen molar-refractivity contribution in [2.45, 2.75) is 45.1 Å². The summed E-state index contributed by atoms with van der Waals surface area (Å²) in [7, 11) is 0. The van der Waals surface area contributed by atoms with Crippen LogP contribution in [-0.4, -0.2) is 11.8 Å². The van der Waals surface area contributed by atoms with E-state index in [0.717, 1.165) is 24.2 Å². The van der Waals surface area contributed by atoms with Crippen LogP contribution in [0, 0.1) is 0 Å². The van der Waals surface area contributed by atoms with Crippen molar-refractivity contribution < 1.29 is 18.0 Å². The standard InChI is InChI=1S/C14H12ClF2NO2.C2H6/c15-7-10-12(18-20-13(10)8-5-6-8)9-3-1-2-4-11(9)19-14(16)17;1-2/h1-4,8,14H,5-7H2;1-2H3. The van der Waals surface area contributed by atoms with E-state index in [-0.39, 0.29) is 11.6 Å². The van der Waals surface area contributed by atoms with Crippen LogP contribution in [0.4, 0.5) is 8.78 Å². The molecule has 1 saturated carbocycles. The van der Waals surface area contributed by atoms with Crippen LogP contribution >= 0.6 is 11.6 Å². The minimum atomic E-state index is -2.88. The molecule has 0 radical (unpaired) electrons. The molecule has 2 aromatic rings. The van der Waals surface area contributed by atoms with E-state index in [1.807, 2.05) is 13.8 Å². The van der Waals surface area contributed by atoms with Gasteiger partial charge in [-0.1, -0.05) is 31.1 Å². The zero-order valence-electron chi connectivity index (χ0n) is 12.5. The highest BCUT2D eigenvalue weighted by molar-refractivity contribution is 6.17. The number of para-hydroxylation sites is 1. The van der Waals surface area contributed by atoms with Gasteiger partial charge in [-0.2, -0.15) is 8.78 Å². The van der Waals surface area contributed by atoms with Crippen LogP contribution in [0.1, 0.15) is 43.9 Å². The molecule has 1 aliphatic carbocycles. The predicted molar refractivity (Wildman–Crippen MR) is 81.5 cm³/mol. The molecule has 3 nitrogen and oxygen atoms in total. The number of rotatable bonds is 5. The fourth-order valence-corrected chi connectivity index (χ4v) is 2.45. The van der Waals surface area contributed by atoms with Crippen LogP contribution in [0.3, 0.4) is 0 Å². The molecule has 0 aliphatic heterocycles. The lowest BCUT2D eigenvalue weighted by molar-refractivity contribution is -0.0494. The maximum absolute atomic E-state index is 12.4. The second kappa shape index (κ2) is 7.58. The summed E-state index contributed by atoms with van der Waals surface area (Å²) in [4.78, 5) is 0. The SMILES string of the molecule is CC.FC(F)Oc1ccccc1-c1noc(C2CC2)c1CCl. The van der Waals surface area contributed by atoms with Gasteiger partial charge in [0.1, 0.15) is 17.2 Å². The summed E-state index contributed by atoms with van der Waals surface area (Å²) in [6.45, 7) is 1.12. The van der Waals surface area contributed by atoms with Crippen molar-refractivity contribution in [3.05, 3.63) is 35.6 Å². The average Bonchev–Trinajstić information content (AvgIpc) is 3.28. The van der Waals surface area contributed by atoms with Crippen molar-refractivity contribution in [1.29, 1.82) is 0 Å². The van der Waals surface area contributed by atoms with Gasteiger partial charge in [0.05, 0.1) is 5.88 Å². The minimum absolute atomic E-state index is 0.0736. The molecule has 1 aromatic heterocycles. The molecule has 0 saturated heterocycles. The lowest BCUT2D eigenvalue weighted by Crippen LogP contribution is -2.03. The highest BCUT2D eigenvalue weighted by Crippen LogP contribution is 2.45. The number of hydrogen-bond donors (Lipinski definition) is 0. The lowest BCUT2D eigenvalue weighted by Gasteiger charge is -2.09. The Bertz CT molecular complexity index is 612. The second-order valence-electron chi connectivity index (χ2n) is 4.66. The Morgan fingerprint density at radius 3 is 2.59 bits per heavy atom. The largest absolute Gasteiger partial charge is 0.434 e. The molecule has 1 heterocycles. The summed E-state index contributed by atoms with van der Waals surface area (Å²) in [5.41, 5.74) is 1.72. The summed E-state index contributed by atoms with van der Waals surface area (Å²) in [5, 5.41) is 4.00. The molecule has 22 heavy (non-hydrogen) atoms. The molecule has 0 N–H and O–H groups in total. The molecule has 0 atom stereocenters. The molecule has 0 bridgehead atoms. The van der Waals surface area contributed by atoms with Gasteiger partial charge >= 0.3 is 6.61 Å². The summed E-state index contributed by atoms with van der Waals surface area (Å²) >= 11 is 5.97. The van der Waals surface area contributed by atoms with Crippen molar-refractivity contribution in [2.24, 2.45) is 0 Å². The molecule has 6 heteroatoms. The smallest absolute Gasteiger partial charge is 0.387 e. The molecule has 1 aromatic carbocycles. The molecule has 3 rings (SSSR count). The fourth-order valence-electron chi connectivity index (χ4n) is 2.19. The zero-order valence-corrected chi connectivity index (χ0v) is 13.2. The summed E-state index contributed by atoms with van der Waals surface area (Å²) < 4.78 is 34.8. The quantitative estimate of drug-likeness (QED) is 0.671. The number of alkyl halides is 3. The second-order valence-corrected chi connectivity index (χ2v) is 4.92. The molecular weight excluding hydrogens is 312 g/mol. The van der Waals surface area contributed by atoms with Crippen LogP contribution in [0.2, 0.25) is 0 Å². The van der Waals surface area contributed by atoms with E-state index in [1.165, 1.54) is 6.07 Å². The maximum atomic E-state index is 12.4. The third kappa shape index (κ3) is 3.58. The monoisotopic (exact) mass is 329 g/mol. The third-order valence-corrected chi connectivity index (χ3v) is 3.53. The van der Waals surface area contributed by atoms with E-state index in [0.29, 0.717) is 17.2 Å². The van der Waals surface area contributed by atoms with Gasteiger partial charge in [-0.05, 0) is 25.0 Å². The molecular formula is C16H18ClF2NO2. The highest BCUT2D eigenvalue weighted by atomic mass is 35.5. The van der Waals surface area contributed by atoms with Crippen LogP contribution in [0.5, 0.6) is 5.75 Å². The summed E-state index contributed by atoms with van der Waals surface area (Å²) in [5.74, 6) is 1.42. The number of halogens is 3. The van der Waals surface area contributed by atoms with Gasteiger partial charge in [-0.3, -0.25) is 0 Å². The van der Waals surface area contributed by atoms with E-state index >= 15 is 0 Å². The van der Waals surface area contributed by atoms with Crippen LogP contribution in [0.25, 0.3) is 11.3 Å². The van der Waals surface area contributed by atoms with Gasteiger partial charge in [0, 0.05) is 17.0 Å². The first-order chi connectivity index (χ1) is 10.7. The Hall–Kier alpha value is -1.62. The van der Waals surface area contributed by atoms with Crippen LogP contribution in [-0.2, 0) is 5.88 Å². The molecule has 0 unspecified atom stereocenters. The topological polar surface area (TPSA) is 35.3 Å². The summed E-state index contributed by atoms with van der Waals surface area (Å²) in [6, 6.07) is 6.51. The number of ether oxygens (including phenoxy) is 1. The normalized spacial score (nSPS) is 13.7. The Morgan fingerprint density at radius 2 is 2.00 bits per heavy atom. The lowest BCUT2D eigenvalue weighted by atomic mass is 10.0. The molecule has 1 fully saturated rings. The van der Waals surface area contributed by atoms with E-state index in [2.05, 4.69) is 9.89 Å². The van der Waals surface area contributed by atoms with E-state index in [4.69, 9.17) is 16.1 Å². The molecule has 120 valence electrons. The van der Waals surface area contributed by atoms with Crippen LogP contribution < -0.4 is 4.74 Å². The zero-order chi connectivity index (χ0) is 16.1. The first-order valence-corrected chi connectivity index (χ1v) is 7.82. The van der Waals surface area contributed by atoms with E-state index in [1.54, 1.807) is 18.2 Å². The van der Waals surface area contributed by atoms with Gasteiger partial charge in [-0.15, -0.1) is 11.6 Å². The van der Waals surface area contributed by atoms with Crippen molar-refractivity contribution in [1.82, 2.24) is 5.16 Å². The minimum Gasteiger partial charge on any atom is -0.434 e. The van der Waals surface area contributed by atoms with Crippen LogP contribution in [0.15, 0.2) is 28.8 Å². The number of benzene rings is 1. The van der Waals surface area contributed by atoms with Gasteiger partial charge in [0.2, 0.25) is 0 Å². The average molecular weight is 330 g/mol. The Labute approximate surface area is 133 Å². The first kappa shape index (κ1) is 16.7. The van der Waals surface area contributed by atoms with Gasteiger partial charge in [0.25, 0.3) is 0 Å². The number of aromatic nitrogens is 1. The van der Waals surface area contributed by atoms with Gasteiger partial charge in [0.15, 0.2) is 0 Å². The fraction of sp³-hybridized carbons (Fsp3) is 0.438. The number of hydrogen-bond acceptors (Lipinski definition) is 3. The maximum Gasteiger partial charge on any atom is 0.387 e. The van der Waals surface area contributed by atoms with E-state index < -0.39 is 6.61 Å². The molecule has 1 aliphatic rings. The Kier molecular flexibility index (Phi) is 5.77. The van der Waals surface area contributed by atoms with Crippen molar-refractivity contribution in [2.75, 3.05) is 0 Å². The van der Waals surface area contributed by atoms with Crippen molar-refractivity contribution in [3.8, 4) is 17.0 Å². The Balaban J connectivity index is 0.000000847. The molecule has 0 spiro atoms. The number of nitrogens with zero attached hydrogens (tertiary/aromatic N) is 1. The van der Waals surface area contributed by atoms with Gasteiger partial charge < -0.3 is 9.26 Å². The van der Waals surface area contributed by atoms with Gasteiger partial charge in [-0.25, -0.2) is 0 Å². The molecule has 0 amide bonds. The highest BCUT2D eigenvalue weighted by Gasteiger charge is 2.32. The van der Waals surface area contributed by atoms with Crippen molar-refractivity contribution >= 4 is 11.6 Å². The Morgan fingerprint density at radius 1 is 1.32 bits per heavy atom.